The van der Waals surface area contributed by atoms with Gasteiger partial charge in [-0.05, 0) is 48.0 Å². The molecule has 10 nitrogen and oxygen atoms in total. The summed E-state index contributed by atoms with van der Waals surface area (Å²) in [6.07, 6.45) is -0.890. The number of nitrogens with zero attached hydrogens (tertiary/aromatic N) is 4. The molecule has 0 spiro atoms. The van der Waals surface area contributed by atoms with Gasteiger partial charge in [-0.15, -0.1) is 0 Å². The van der Waals surface area contributed by atoms with Crippen molar-refractivity contribution in [1.29, 1.82) is 0 Å². The molecule has 0 saturated carbocycles. The van der Waals surface area contributed by atoms with E-state index < -0.39 is 28.7 Å². The fraction of sp³-hybridized carbons (Fsp3) is 0.310. The van der Waals surface area contributed by atoms with E-state index >= 15 is 0 Å². The Kier molecular flexibility index (Phi) is 9.00. The number of amides is 1. The smallest absolute Gasteiger partial charge is 0.255 e. The van der Waals surface area contributed by atoms with Crippen molar-refractivity contribution in [2.24, 2.45) is 0 Å². The number of carbonyl (C=O) groups is 1. The van der Waals surface area contributed by atoms with Crippen LogP contribution in [0.2, 0.25) is 0 Å². The van der Waals surface area contributed by atoms with E-state index in [1.165, 1.54) is 18.1 Å². The number of anilines is 1. The SMILES string of the molecule is COCCN(CC(F)F)c1cccc(-c2ccc3cnc(CNC(=O)c4ccc5c(c4)S(=O)(=O)CCOC5)cc3n2)n1. The molecule has 0 radical (unpaired) electrons. The van der Waals surface area contributed by atoms with E-state index in [1.54, 1.807) is 48.7 Å². The number of benzene rings is 1. The summed E-state index contributed by atoms with van der Waals surface area (Å²) in [5.41, 5.74) is 2.96. The molecule has 1 N–H and O–H groups in total. The molecule has 1 aromatic carbocycles. The van der Waals surface area contributed by atoms with Crippen molar-refractivity contribution in [3.8, 4) is 11.4 Å². The summed E-state index contributed by atoms with van der Waals surface area (Å²) in [7, 11) is -2.03. The quantitative estimate of drug-likeness (QED) is 0.292. The second kappa shape index (κ2) is 12.8. The molecule has 1 amide bonds. The predicted molar refractivity (Wildman–Crippen MR) is 152 cm³/mol. The van der Waals surface area contributed by atoms with Crippen molar-refractivity contribution in [2.45, 2.75) is 24.5 Å². The average Bonchev–Trinajstić information content (AvgIpc) is 3.14. The standard InChI is InChI=1S/C29H29F2N5O5S/c1-40-10-9-36(17-27(30)31)28-4-2-3-23(35-28)24-8-7-20-15-32-22(14-25(20)34-24)16-33-29(37)19-5-6-21-18-41-11-12-42(38,39)26(21)13-19/h2-8,13-15,27H,9-12,16-18H2,1H3,(H,33,37). The van der Waals surface area contributed by atoms with Gasteiger partial charge < -0.3 is 19.7 Å². The molecule has 1 aliphatic rings. The highest BCUT2D eigenvalue weighted by molar-refractivity contribution is 7.91. The maximum absolute atomic E-state index is 13.2. The molecule has 13 heteroatoms. The third-order valence-electron chi connectivity index (χ3n) is 6.72. The number of fused-ring (bicyclic) bond motifs is 2. The van der Waals surface area contributed by atoms with Gasteiger partial charge in [0, 0.05) is 30.8 Å². The second-order valence-corrected chi connectivity index (χ2v) is 11.7. The zero-order valence-electron chi connectivity index (χ0n) is 22.8. The van der Waals surface area contributed by atoms with Gasteiger partial charge in [-0.1, -0.05) is 12.1 Å². The Balaban J connectivity index is 1.33. The molecule has 4 heterocycles. The van der Waals surface area contributed by atoms with Crippen LogP contribution in [0.1, 0.15) is 21.6 Å². The number of carbonyl (C=O) groups excluding carboxylic acids is 1. The Morgan fingerprint density at radius 3 is 2.76 bits per heavy atom. The lowest BCUT2D eigenvalue weighted by Gasteiger charge is -2.23. The van der Waals surface area contributed by atoms with Crippen molar-refractivity contribution in [3.05, 3.63) is 77.6 Å². The van der Waals surface area contributed by atoms with Gasteiger partial charge in [0.15, 0.2) is 9.84 Å². The van der Waals surface area contributed by atoms with Gasteiger partial charge in [0.1, 0.15) is 5.82 Å². The molecule has 4 aromatic rings. The fourth-order valence-electron chi connectivity index (χ4n) is 4.54. The van der Waals surface area contributed by atoms with Gasteiger partial charge in [-0.3, -0.25) is 9.78 Å². The number of aromatic nitrogens is 3. The lowest BCUT2D eigenvalue weighted by molar-refractivity contribution is 0.0949. The second-order valence-electron chi connectivity index (χ2n) is 9.65. The number of pyridine rings is 3. The summed E-state index contributed by atoms with van der Waals surface area (Å²) in [4.78, 5) is 28.1. The average molecular weight is 598 g/mol. The minimum Gasteiger partial charge on any atom is -0.383 e. The predicted octanol–water partition coefficient (Wildman–Crippen LogP) is 3.64. The van der Waals surface area contributed by atoms with E-state index in [2.05, 4.69) is 15.3 Å². The Hall–Kier alpha value is -4.07. The number of halogens is 2. The first-order chi connectivity index (χ1) is 20.2. The van der Waals surface area contributed by atoms with Gasteiger partial charge in [0.2, 0.25) is 0 Å². The highest BCUT2D eigenvalue weighted by Crippen LogP contribution is 2.24. The third-order valence-corrected chi connectivity index (χ3v) is 8.48. The van der Waals surface area contributed by atoms with Crippen molar-refractivity contribution >= 4 is 32.5 Å². The van der Waals surface area contributed by atoms with Crippen LogP contribution in [0.15, 0.2) is 65.7 Å². The molecule has 0 bridgehead atoms. The molecule has 0 aliphatic carbocycles. The van der Waals surface area contributed by atoms with Crippen LogP contribution in [0.4, 0.5) is 14.6 Å². The molecule has 0 atom stereocenters. The van der Waals surface area contributed by atoms with E-state index in [0.29, 0.717) is 34.0 Å². The topological polar surface area (TPSA) is 124 Å². The Labute approximate surface area is 241 Å². The van der Waals surface area contributed by atoms with Gasteiger partial charge in [0.25, 0.3) is 12.3 Å². The number of sulfone groups is 1. The van der Waals surface area contributed by atoms with Gasteiger partial charge in [0.05, 0.1) is 66.2 Å². The lowest BCUT2D eigenvalue weighted by Crippen LogP contribution is -2.32. The minimum atomic E-state index is -3.54. The van der Waals surface area contributed by atoms with Crippen LogP contribution in [-0.4, -0.2) is 74.9 Å². The first-order valence-corrected chi connectivity index (χ1v) is 14.9. The zero-order valence-corrected chi connectivity index (χ0v) is 23.6. The van der Waals surface area contributed by atoms with Crippen molar-refractivity contribution < 1.29 is 31.5 Å². The third kappa shape index (κ3) is 6.86. The number of rotatable bonds is 10. The van der Waals surface area contributed by atoms with E-state index in [0.717, 1.165) is 5.39 Å². The summed E-state index contributed by atoms with van der Waals surface area (Å²) in [5, 5.41) is 3.55. The van der Waals surface area contributed by atoms with Crippen molar-refractivity contribution in [2.75, 3.05) is 44.1 Å². The van der Waals surface area contributed by atoms with Gasteiger partial charge in [-0.25, -0.2) is 27.2 Å². The zero-order chi connectivity index (χ0) is 29.7. The highest BCUT2D eigenvalue weighted by atomic mass is 32.2. The molecule has 0 fully saturated rings. The lowest BCUT2D eigenvalue weighted by atomic mass is 10.1. The largest absolute Gasteiger partial charge is 0.383 e. The molecule has 220 valence electrons. The summed E-state index contributed by atoms with van der Waals surface area (Å²) < 4.78 is 61.9. The Morgan fingerprint density at radius 1 is 1.12 bits per heavy atom. The van der Waals surface area contributed by atoms with Gasteiger partial charge >= 0.3 is 0 Å². The van der Waals surface area contributed by atoms with Crippen LogP contribution in [-0.2, 0) is 32.5 Å². The minimum absolute atomic E-state index is 0.0868. The molecular weight excluding hydrogens is 568 g/mol. The number of ether oxygens (including phenoxy) is 2. The Morgan fingerprint density at radius 2 is 1.95 bits per heavy atom. The molecule has 0 saturated heterocycles. The molecule has 5 rings (SSSR count). The maximum Gasteiger partial charge on any atom is 0.255 e. The van der Waals surface area contributed by atoms with Crippen LogP contribution >= 0.6 is 0 Å². The van der Waals surface area contributed by atoms with Crippen LogP contribution in [0, 0.1) is 0 Å². The maximum atomic E-state index is 13.2. The first kappa shape index (κ1) is 29.4. The monoisotopic (exact) mass is 597 g/mol. The number of hydrogen-bond acceptors (Lipinski definition) is 9. The number of alkyl halides is 2. The molecular formula is C29H29F2N5O5S. The first-order valence-electron chi connectivity index (χ1n) is 13.2. The van der Waals surface area contributed by atoms with Crippen LogP contribution < -0.4 is 10.2 Å². The summed E-state index contributed by atoms with van der Waals surface area (Å²) in [6.45, 7) is 0.437. The number of methoxy groups -OCH3 is 1. The van der Waals surface area contributed by atoms with Crippen molar-refractivity contribution in [3.63, 3.8) is 0 Å². The highest BCUT2D eigenvalue weighted by Gasteiger charge is 2.24. The number of hydrogen-bond donors (Lipinski definition) is 1. The van der Waals surface area contributed by atoms with E-state index in [-0.39, 0.29) is 49.1 Å². The normalized spacial score (nSPS) is 14.4. The molecule has 0 unspecified atom stereocenters. The fourth-order valence-corrected chi connectivity index (χ4v) is 5.94. The molecule has 1 aliphatic heterocycles. The van der Waals surface area contributed by atoms with E-state index in [4.69, 9.17) is 14.5 Å². The molecule has 42 heavy (non-hydrogen) atoms. The van der Waals surface area contributed by atoms with Crippen LogP contribution in [0.25, 0.3) is 22.3 Å². The summed E-state index contributed by atoms with van der Waals surface area (Å²) >= 11 is 0. The van der Waals surface area contributed by atoms with E-state index in [1.807, 2.05) is 6.07 Å². The molecule has 3 aromatic heterocycles. The number of nitrogens with one attached hydrogen (secondary N) is 1. The Bertz CT molecular complexity index is 1700. The van der Waals surface area contributed by atoms with Gasteiger partial charge in [-0.2, -0.15) is 0 Å². The van der Waals surface area contributed by atoms with Crippen LogP contribution in [0.5, 0.6) is 0 Å². The summed E-state index contributed by atoms with van der Waals surface area (Å²) in [6, 6.07) is 15.1. The van der Waals surface area contributed by atoms with E-state index in [9.17, 15) is 22.0 Å². The van der Waals surface area contributed by atoms with Crippen LogP contribution in [0.3, 0.4) is 0 Å². The summed E-state index contributed by atoms with van der Waals surface area (Å²) in [5.74, 6) is -0.185. The van der Waals surface area contributed by atoms with Crippen molar-refractivity contribution in [1.82, 2.24) is 20.3 Å².